The molecule has 0 bridgehead atoms. The molecule has 0 saturated heterocycles. The van der Waals surface area contributed by atoms with Crippen molar-refractivity contribution < 1.29 is 9.18 Å². The van der Waals surface area contributed by atoms with Crippen molar-refractivity contribution in [2.75, 3.05) is 6.54 Å². The van der Waals surface area contributed by atoms with Gasteiger partial charge in [0.25, 0.3) is 0 Å². The Hall–Kier alpha value is -2.28. The molecule has 0 unspecified atom stereocenters. The Morgan fingerprint density at radius 2 is 2.12 bits per heavy atom. The van der Waals surface area contributed by atoms with Gasteiger partial charge in [-0.05, 0) is 37.5 Å². The standard InChI is InChI=1S/C17H22FN5O/c1-11-3-4-13(15(18)7-11)8-14(19)9-17(24)22-5-6-23-12(2)20-21-16(23)10-22/h3-4,7,14H,5-6,8-10,19H2,1-2H3/t14-/m1/s1. The number of rotatable bonds is 4. The largest absolute Gasteiger partial charge is 0.333 e. The van der Waals surface area contributed by atoms with Crippen LogP contribution in [0.4, 0.5) is 4.39 Å². The van der Waals surface area contributed by atoms with E-state index in [2.05, 4.69) is 10.2 Å². The van der Waals surface area contributed by atoms with E-state index in [9.17, 15) is 9.18 Å². The number of hydrogen-bond acceptors (Lipinski definition) is 4. The van der Waals surface area contributed by atoms with E-state index < -0.39 is 6.04 Å². The van der Waals surface area contributed by atoms with Gasteiger partial charge in [0.05, 0.1) is 6.54 Å². The number of hydrogen-bond donors (Lipinski definition) is 1. The smallest absolute Gasteiger partial charge is 0.224 e. The summed E-state index contributed by atoms with van der Waals surface area (Å²) in [5, 5.41) is 8.13. The fourth-order valence-corrected chi connectivity index (χ4v) is 3.04. The first-order valence-electron chi connectivity index (χ1n) is 8.11. The normalized spacial score (nSPS) is 15.2. The third-order valence-corrected chi connectivity index (χ3v) is 4.42. The van der Waals surface area contributed by atoms with Gasteiger partial charge in [0.15, 0.2) is 5.82 Å². The maximum Gasteiger partial charge on any atom is 0.224 e. The zero-order chi connectivity index (χ0) is 17.3. The minimum Gasteiger partial charge on any atom is -0.333 e. The van der Waals surface area contributed by atoms with Gasteiger partial charge in [-0.25, -0.2) is 4.39 Å². The molecule has 0 radical (unpaired) electrons. The highest BCUT2D eigenvalue weighted by molar-refractivity contribution is 5.76. The molecule has 7 heteroatoms. The van der Waals surface area contributed by atoms with E-state index in [0.29, 0.717) is 31.6 Å². The summed E-state index contributed by atoms with van der Waals surface area (Å²) < 4.78 is 15.9. The second-order valence-electron chi connectivity index (χ2n) is 6.39. The van der Waals surface area contributed by atoms with E-state index in [-0.39, 0.29) is 18.1 Å². The number of nitrogens with two attached hydrogens (primary N) is 1. The Kier molecular flexibility index (Phi) is 4.62. The summed E-state index contributed by atoms with van der Waals surface area (Å²) in [6.07, 6.45) is 0.543. The van der Waals surface area contributed by atoms with Gasteiger partial charge < -0.3 is 15.2 Å². The number of aromatic nitrogens is 3. The van der Waals surface area contributed by atoms with Crippen LogP contribution in [-0.4, -0.2) is 38.2 Å². The molecular formula is C17H22FN5O. The van der Waals surface area contributed by atoms with Crippen LogP contribution in [0.5, 0.6) is 0 Å². The minimum absolute atomic E-state index is 0.0260. The molecule has 1 aliphatic rings. The summed E-state index contributed by atoms with van der Waals surface area (Å²) >= 11 is 0. The van der Waals surface area contributed by atoms with Crippen molar-refractivity contribution in [3.05, 3.63) is 46.8 Å². The molecule has 1 aliphatic heterocycles. The Labute approximate surface area is 140 Å². The first-order valence-corrected chi connectivity index (χ1v) is 8.11. The lowest BCUT2D eigenvalue weighted by atomic mass is 10.0. The van der Waals surface area contributed by atoms with E-state index >= 15 is 0 Å². The first kappa shape index (κ1) is 16.6. The van der Waals surface area contributed by atoms with E-state index in [0.717, 1.165) is 17.2 Å². The Morgan fingerprint density at radius 1 is 1.33 bits per heavy atom. The molecule has 0 fully saturated rings. The molecule has 3 rings (SSSR count). The van der Waals surface area contributed by atoms with Gasteiger partial charge in [-0.2, -0.15) is 0 Å². The molecule has 1 atom stereocenters. The maximum absolute atomic E-state index is 13.9. The first-order chi connectivity index (χ1) is 11.4. The number of amides is 1. The Balaban J connectivity index is 1.58. The van der Waals surface area contributed by atoms with Crippen molar-refractivity contribution in [2.24, 2.45) is 5.73 Å². The third kappa shape index (κ3) is 3.46. The predicted molar refractivity (Wildman–Crippen MR) is 87.6 cm³/mol. The average Bonchev–Trinajstić information content (AvgIpc) is 2.91. The zero-order valence-electron chi connectivity index (χ0n) is 14.0. The highest BCUT2D eigenvalue weighted by atomic mass is 19.1. The SMILES string of the molecule is Cc1ccc(C[C@@H](N)CC(=O)N2CCn3c(C)nnc3C2)c(F)c1. The van der Waals surface area contributed by atoms with Crippen LogP contribution in [0.2, 0.25) is 0 Å². The Bertz CT molecular complexity index is 757. The lowest BCUT2D eigenvalue weighted by Gasteiger charge is -2.28. The van der Waals surface area contributed by atoms with Crippen LogP contribution in [0.25, 0.3) is 0 Å². The van der Waals surface area contributed by atoms with Crippen molar-refractivity contribution in [1.29, 1.82) is 0 Å². The van der Waals surface area contributed by atoms with Crippen LogP contribution in [0.3, 0.4) is 0 Å². The number of aryl methyl sites for hydroxylation is 2. The molecule has 0 spiro atoms. The lowest BCUT2D eigenvalue weighted by Crippen LogP contribution is -2.41. The molecule has 2 N–H and O–H groups in total. The van der Waals surface area contributed by atoms with Crippen LogP contribution in [0.1, 0.15) is 29.2 Å². The van der Waals surface area contributed by atoms with Gasteiger partial charge in [0.1, 0.15) is 11.6 Å². The molecule has 2 aromatic rings. The van der Waals surface area contributed by atoms with Gasteiger partial charge >= 0.3 is 0 Å². The minimum atomic E-state index is -0.406. The average molecular weight is 331 g/mol. The molecular weight excluding hydrogens is 309 g/mol. The predicted octanol–water partition coefficient (Wildman–Crippen LogP) is 1.34. The van der Waals surface area contributed by atoms with Gasteiger partial charge in [-0.1, -0.05) is 12.1 Å². The van der Waals surface area contributed by atoms with E-state index in [1.54, 1.807) is 11.0 Å². The summed E-state index contributed by atoms with van der Waals surface area (Å²) in [4.78, 5) is 14.2. The monoisotopic (exact) mass is 331 g/mol. The fourth-order valence-electron chi connectivity index (χ4n) is 3.04. The van der Waals surface area contributed by atoms with Crippen molar-refractivity contribution in [1.82, 2.24) is 19.7 Å². The summed E-state index contributed by atoms with van der Waals surface area (Å²) in [6.45, 7) is 5.51. The Morgan fingerprint density at radius 3 is 2.88 bits per heavy atom. The molecule has 24 heavy (non-hydrogen) atoms. The number of carbonyl (C=O) groups is 1. The molecule has 0 saturated carbocycles. The van der Waals surface area contributed by atoms with Crippen LogP contribution >= 0.6 is 0 Å². The lowest BCUT2D eigenvalue weighted by molar-refractivity contribution is -0.133. The summed E-state index contributed by atoms with van der Waals surface area (Å²) in [5.41, 5.74) is 7.49. The van der Waals surface area contributed by atoms with Crippen molar-refractivity contribution in [2.45, 2.75) is 45.8 Å². The summed E-state index contributed by atoms with van der Waals surface area (Å²) in [6, 6.07) is 4.67. The van der Waals surface area contributed by atoms with Crippen LogP contribution in [0, 0.1) is 19.7 Å². The number of fused-ring (bicyclic) bond motifs is 1. The van der Waals surface area contributed by atoms with Crippen LogP contribution in [0.15, 0.2) is 18.2 Å². The van der Waals surface area contributed by atoms with Crippen molar-refractivity contribution in [3.63, 3.8) is 0 Å². The molecule has 6 nitrogen and oxygen atoms in total. The van der Waals surface area contributed by atoms with Crippen LogP contribution in [-0.2, 0) is 24.3 Å². The molecule has 2 heterocycles. The third-order valence-electron chi connectivity index (χ3n) is 4.42. The van der Waals surface area contributed by atoms with Crippen molar-refractivity contribution in [3.8, 4) is 0 Å². The molecule has 1 aromatic carbocycles. The van der Waals surface area contributed by atoms with E-state index in [4.69, 9.17) is 5.73 Å². The van der Waals surface area contributed by atoms with Gasteiger partial charge in [-0.3, -0.25) is 4.79 Å². The van der Waals surface area contributed by atoms with Crippen LogP contribution < -0.4 is 5.73 Å². The second kappa shape index (κ2) is 6.68. The van der Waals surface area contributed by atoms with Gasteiger partial charge in [0, 0.05) is 25.6 Å². The highest BCUT2D eigenvalue weighted by Crippen LogP contribution is 2.16. The topological polar surface area (TPSA) is 77.0 Å². The van der Waals surface area contributed by atoms with E-state index in [1.807, 2.05) is 24.5 Å². The second-order valence-corrected chi connectivity index (χ2v) is 6.39. The maximum atomic E-state index is 13.9. The quantitative estimate of drug-likeness (QED) is 0.917. The molecule has 128 valence electrons. The van der Waals surface area contributed by atoms with Gasteiger partial charge in [0.2, 0.25) is 5.91 Å². The summed E-state index contributed by atoms with van der Waals surface area (Å²) in [7, 11) is 0. The summed E-state index contributed by atoms with van der Waals surface area (Å²) in [5.74, 6) is 1.37. The fraction of sp³-hybridized carbons (Fsp3) is 0.471. The molecule has 1 aromatic heterocycles. The zero-order valence-corrected chi connectivity index (χ0v) is 14.0. The van der Waals surface area contributed by atoms with E-state index in [1.165, 1.54) is 6.07 Å². The van der Waals surface area contributed by atoms with Gasteiger partial charge in [-0.15, -0.1) is 10.2 Å². The molecule has 0 aliphatic carbocycles. The highest BCUT2D eigenvalue weighted by Gasteiger charge is 2.24. The number of carbonyl (C=O) groups excluding carboxylic acids is 1. The van der Waals surface area contributed by atoms with Crippen molar-refractivity contribution >= 4 is 5.91 Å². The number of benzene rings is 1. The number of halogens is 1. The molecule has 1 amide bonds. The number of nitrogens with zero attached hydrogens (tertiary/aromatic N) is 4.